The molecule has 17 nitrogen and oxygen atoms in total. The molecule has 2 rings (SSSR count). The highest BCUT2D eigenvalue weighted by Crippen LogP contribution is 2.14. The highest BCUT2D eigenvalue weighted by Gasteiger charge is 2.33. The lowest BCUT2D eigenvalue weighted by Gasteiger charge is -2.13. The molecule has 2 N–H and O–H groups in total. The average molecular weight is 545 g/mol. The van der Waals surface area contributed by atoms with Crippen molar-refractivity contribution in [2.45, 2.75) is 70.4 Å². The van der Waals surface area contributed by atoms with Crippen molar-refractivity contribution in [2.24, 2.45) is 5.73 Å². The number of hydrogen-bond donors (Lipinski definition) is 1. The first kappa shape index (κ1) is 30.3. The molecule has 0 radical (unpaired) electrons. The maximum absolute atomic E-state index is 11.7. The minimum atomic E-state index is -1.12. The van der Waals surface area contributed by atoms with Crippen LogP contribution in [0.25, 0.3) is 0 Å². The number of amides is 4. The third kappa shape index (κ3) is 10.6. The fourth-order valence-corrected chi connectivity index (χ4v) is 2.91. The maximum Gasteiger partial charge on any atom is 0.342 e. The van der Waals surface area contributed by atoms with E-state index in [1.807, 2.05) is 0 Å². The fourth-order valence-electron chi connectivity index (χ4n) is 2.91. The van der Waals surface area contributed by atoms with Crippen molar-refractivity contribution in [3.05, 3.63) is 0 Å². The molecule has 2 heterocycles. The Bertz CT molecular complexity index is 919. The van der Waals surface area contributed by atoms with E-state index in [2.05, 4.69) is 19.5 Å². The second-order valence-corrected chi connectivity index (χ2v) is 7.88. The Morgan fingerprint density at radius 1 is 0.684 bits per heavy atom. The number of hydrogen-bond acceptors (Lipinski definition) is 15. The fraction of sp³-hybridized carbons (Fsp3) is 0.619. The first-order valence-electron chi connectivity index (χ1n) is 11.5. The van der Waals surface area contributed by atoms with E-state index in [1.54, 1.807) is 0 Å². The van der Waals surface area contributed by atoms with Gasteiger partial charge in [0.25, 0.3) is 23.6 Å². The van der Waals surface area contributed by atoms with Crippen molar-refractivity contribution in [1.82, 2.24) is 10.1 Å². The van der Waals surface area contributed by atoms with Crippen LogP contribution >= 0.6 is 0 Å². The molecule has 0 spiro atoms. The lowest BCUT2D eigenvalue weighted by molar-refractivity contribution is -0.317. The van der Waals surface area contributed by atoms with E-state index in [4.69, 9.17) is 15.2 Å². The van der Waals surface area contributed by atoms with Crippen molar-refractivity contribution in [3.8, 4) is 0 Å². The predicted molar refractivity (Wildman–Crippen MR) is 114 cm³/mol. The SMILES string of the molecule is NC(COC(=O)CCCC(=O)ON1C(=O)CCC1=O)OCOOC(=O)CCCC(=O)ON1C(=O)CCC1=O. The summed E-state index contributed by atoms with van der Waals surface area (Å²) in [6.07, 6.45) is -2.09. The van der Waals surface area contributed by atoms with Gasteiger partial charge >= 0.3 is 23.9 Å². The number of hydroxylamine groups is 4. The number of carbonyl (C=O) groups is 8. The highest BCUT2D eigenvalue weighted by atomic mass is 17.2. The minimum Gasteiger partial charge on any atom is -0.461 e. The molecule has 0 bridgehead atoms. The second-order valence-electron chi connectivity index (χ2n) is 7.88. The van der Waals surface area contributed by atoms with Crippen LogP contribution < -0.4 is 5.73 Å². The van der Waals surface area contributed by atoms with Crippen LogP contribution in [0.2, 0.25) is 0 Å². The molecule has 0 aliphatic carbocycles. The minimum absolute atomic E-state index is 0.000202. The van der Waals surface area contributed by atoms with Crippen LogP contribution in [-0.2, 0) is 67.3 Å². The molecule has 17 heteroatoms. The van der Waals surface area contributed by atoms with Gasteiger partial charge in [-0.05, 0) is 12.8 Å². The van der Waals surface area contributed by atoms with Crippen LogP contribution in [-0.4, -0.2) is 77.3 Å². The first-order valence-corrected chi connectivity index (χ1v) is 11.5. The van der Waals surface area contributed by atoms with E-state index < -0.39 is 60.5 Å². The first-order chi connectivity index (χ1) is 18.1. The van der Waals surface area contributed by atoms with Crippen LogP contribution in [0.4, 0.5) is 0 Å². The van der Waals surface area contributed by atoms with Crippen LogP contribution in [0.3, 0.4) is 0 Å². The van der Waals surface area contributed by atoms with Crippen molar-refractivity contribution in [2.75, 3.05) is 13.4 Å². The second kappa shape index (κ2) is 15.3. The molecule has 38 heavy (non-hydrogen) atoms. The van der Waals surface area contributed by atoms with Gasteiger partial charge in [-0.1, -0.05) is 0 Å². The molecule has 1 unspecified atom stereocenters. The quantitative estimate of drug-likeness (QED) is 0.0601. The van der Waals surface area contributed by atoms with Crippen molar-refractivity contribution in [1.29, 1.82) is 0 Å². The third-order valence-corrected chi connectivity index (χ3v) is 4.81. The summed E-state index contributed by atoms with van der Waals surface area (Å²) in [5.74, 6) is -5.68. The Kier molecular flexibility index (Phi) is 12.2. The molecule has 2 saturated heterocycles. The van der Waals surface area contributed by atoms with Gasteiger partial charge in [0.2, 0.25) is 0 Å². The van der Waals surface area contributed by atoms with Crippen LogP contribution in [0, 0.1) is 0 Å². The van der Waals surface area contributed by atoms with Gasteiger partial charge in [0.1, 0.15) is 12.8 Å². The van der Waals surface area contributed by atoms with Gasteiger partial charge in [-0.25, -0.2) is 14.4 Å². The number of ether oxygens (including phenoxy) is 2. The van der Waals surface area contributed by atoms with Crippen LogP contribution in [0.15, 0.2) is 0 Å². The van der Waals surface area contributed by atoms with Crippen molar-refractivity contribution < 1.29 is 67.3 Å². The monoisotopic (exact) mass is 545 g/mol. The van der Waals surface area contributed by atoms with Gasteiger partial charge in [0, 0.05) is 51.4 Å². The van der Waals surface area contributed by atoms with Gasteiger partial charge in [-0.2, -0.15) is 4.89 Å². The molecule has 2 fully saturated rings. The molecule has 0 saturated carbocycles. The summed E-state index contributed by atoms with van der Waals surface area (Å²) in [6.45, 7) is -0.965. The Labute approximate surface area is 215 Å². The van der Waals surface area contributed by atoms with Gasteiger partial charge in [0.05, 0.1) is 0 Å². The Hall–Kier alpha value is -3.96. The number of imide groups is 2. The van der Waals surface area contributed by atoms with Gasteiger partial charge in [-0.3, -0.25) is 28.9 Å². The molecule has 0 aromatic rings. The standard InChI is InChI=1S/C21H27N3O14/c22-13(11-33-18(29)3-1-4-19(30)36-23-14(25)7-8-15(23)26)34-12-35-38-21(32)6-2-5-20(31)37-24-16(27)9-10-17(24)28/h13H,1-12,22H2. The topological polar surface area (TPSA) is 224 Å². The van der Waals surface area contributed by atoms with Crippen molar-refractivity contribution >= 4 is 47.5 Å². The zero-order valence-electron chi connectivity index (χ0n) is 20.2. The Morgan fingerprint density at radius 3 is 1.58 bits per heavy atom. The lowest BCUT2D eigenvalue weighted by atomic mass is 10.2. The average Bonchev–Trinajstić information content (AvgIpc) is 3.35. The summed E-state index contributed by atoms with van der Waals surface area (Å²) < 4.78 is 9.79. The molecular formula is C21H27N3O14. The van der Waals surface area contributed by atoms with E-state index in [-0.39, 0.29) is 70.8 Å². The largest absolute Gasteiger partial charge is 0.461 e. The molecule has 0 aromatic heterocycles. The Balaban J connectivity index is 1.45. The van der Waals surface area contributed by atoms with Crippen LogP contribution in [0.1, 0.15) is 64.2 Å². The molecule has 1 atom stereocenters. The van der Waals surface area contributed by atoms with Gasteiger partial charge in [-0.15, -0.1) is 10.1 Å². The molecule has 2 aliphatic heterocycles. The van der Waals surface area contributed by atoms with E-state index in [1.165, 1.54) is 0 Å². The maximum atomic E-state index is 11.7. The number of rotatable bonds is 16. The summed E-state index contributed by atoms with van der Waals surface area (Å²) in [7, 11) is 0. The highest BCUT2D eigenvalue weighted by molar-refractivity contribution is 6.02. The number of esters is 1. The zero-order valence-corrected chi connectivity index (χ0v) is 20.2. The van der Waals surface area contributed by atoms with E-state index in [9.17, 15) is 38.4 Å². The molecule has 4 amide bonds. The number of nitrogens with two attached hydrogens (primary N) is 1. The number of carbonyl (C=O) groups excluding carboxylic acids is 8. The van der Waals surface area contributed by atoms with E-state index >= 15 is 0 Å². The molecule has 210 valence electrons. The summed E-state index contributed by atoms with van der Waals surface area (Å²) in [5.41, 5.74) is 5.57. The van der Waals surface area contributed by atoms with Gasteiger partial charge in [0.15, 0.2) is 6.79 Å². The summed E-state index contributed by atoms with van der Waals surface area (Å²) in [5, 5.41) is 0.819. The predicted octanol–water partition coefficient (Wildman–Crippen LogP) is -1.18. The third-order valence-electron chi connectivity index (χ3n) is 4.81. The van der Waals surface area contributed by atoms with Gasteiger partial charge < -0.3 is 24.9 Å². The Morgan fingerprint density at radius 2 is 1.11 bits per heavy atom. The number of nitrogens with zero attached hydrogens (tertiary/aromatic N) is 2. The van der Waals surface area contributed by atoms with E-state index in [0.717, 1.165) is 0 Å². The molecule has 0 aromatic carbocycles. The van der Waals surface area contributed by atoms with E-state index in [0.29, 0.717) is 10.1 Å². The van der Waals surface area contributed by atoms with Crippen LogP contribution in [0.5, 0.6) is 0 Å². The van der Waals surface area contributed by atoms with Crippen molar-refractivity contribution in [3.63, 3.8) is 0 Å². The lowest BCUT2D eigenvalue weighted by Crippen LogP contribution is -2.32. The molecule has 2 aliphatic rings. The smallest absolute Gasteiger partial charge is 0.342 e. The molecular weight excluding hydrogens is 518 g/mol. The normalized spacial score (nSPS) is 16.0. The summed E-state index contributed by atoms with van der Waals surface area (Å²) >= 11 is 0. The zero-order chi connectivity index (χ0) is 28.1. The summed E-state index contributed by atoms with van der Waals surface area (Å²) in [4.78, 5) is 110. The summed E-state index contributed by atoms with van der Waals surface area (Å²) in [6, 6.07) is 0.